The molecule has 0 aliphatic carbocycles. The second kappa shape index (κ2) is 4.49. The molecule has 7 heteroatoms. The number of ether oxygens (including phenoxy) is 1. The largest absolute Gasteiger partial charge is 0.439 e. The Balaban J connectivity index is 2.31. The summed E-state index contributed by atoms with van der Waals surface area (Å²) in [6, 6.07) is 4.17. The van der Waals surface area contributed by atoms with Gasteiger partial charge in [-0.3, -0.25) is 0 Å². The van der Waals surface area contributed by atoms with Crippen LogP contribution in [0.25, 0.3) is 0 Å². The van der Waals surface area contributed by atoms with E-state index in [1.807, 2.05) is 0 Å². The number of hydrogen-bond donors (Lipinski definition) is 2. The standard InChI is InChI=1S/C11H11F3N2O2/c12-11(13,14)7-3-1-2-6(4-7)9-8(5-15)16-10(17)18-9/h1-4,8-9H,5,15H2,(H,16,17). The molecule has 1 fully saturated rings. The number of alkyl halides is 3. The molecule has 4 nitrogen and oxygen atoms in total. The Morgan fingerprint density at radius 3 is 2.72 bits per heavy atom. The highest BCUT2D eigenvalue weighted by Gasteiger charge is 2.36. The van der Waals surface area contributed by atoms with Gasteiger partial charge in [-0.05, 0) is 17.7 Å². The molecule has 1 aromatic carbocycles. The molecule has 0 radical (unpaired) electrons. The average molecular weight is 260 g/mol. The maximum atomic E-state index is 12.6. The highest BCUT2D eigenvalue weighted by atomic mass is 19.4. The summed E-state index contributed by atoms with van der Waals surface area (Å²) >= 11 is 0. The van der Waals surface area contributed by atoms with Crippen molar-refractivity contribution in [2.24, 2.45) is 5.73 Å². The van der Waals surface area contributed by atoms with Gasteiger partial charge in [0.15, 0.2) is 6.10 Å². The first-order chi connectivity index (χ1) is 8.41. The Hall–Kier alpha value is -1.76. The van der Waals surface area contributed by atoms with E-state index < -0.39 is 30.0 Å². The summed E-state index contributed by atoms with van der Waals surface area (Å²) in [6.07, 6.45) is -5.89. The molecule has 18 heavy (non-hydrogen) atoms. The summed E-state index contributed by atoms with van der Waals surface area (Å²) < 4.78 is 42.6. The predicted molar refractivity (Wildman–Crippen MR) is 56.6 cm³/mol. The van der Waals surface area contributed by atoms with Crippen molar-refractivity contribution in [3.63, 3.8) is 0 Å². The van der Waals surface area contributed by atoms with Gasteiger partial charge in [0.25, 0.3) is 0 Å². The van der Waals surface area contributed by atoms with Crippen LogP contribution < -0.4 is 11.1 Å². The van der Waals surface area contributed by atoms with Gasteiger partial charge in [-0.2, -0.15) is 13.2 Å². The average Bonchev–Trinajstić information content (AvgIpc) is 2.69. The number of cyclic esters (lactones) is 1. The van der Waals surface area contributed by atoms with Crippen LogP contribution in [-0.4, -0.2) is 18.7 Å². The number of nitrogens with one attached hydrogen (secondary N) is 1. The molecule has 0 spiro atoms. The maximum absolute atomic E-state index is 12.6. The molecule has 2 atom stereocenters. The van der Waals surface area contributed by atoms with E-state index in [0.29, 0.717) is 0 Å². The van der Waals surface area contributed by atoms with Crippen molar-refractivity contribution in [3.8, 4) is 0 Å². The summed E-state index contributed by atoms with van der Waals surface area (Å²) in [4.78, 5) is 11.1. The van der Waals surface area contributed by atoms with E-state index in [1.165, 1.54) is 12.1 Å². The van der Waals surface area contributed by atoms with Crippen molar-refractivity contribution in [1.29, 1.82) is 0 Å². The quantitative estimate of drug-likeness (QED) is 0.852. The van der Waals surface area contributed by atoms with Crippen LogP contribution in [0.15, 0.2) is 24.3 Å². The van der Waals surface area contributed by atoms with Crippen LogP contribution in [0.2, 0.25) is 0 Å². The van der Waals surface area contributed by atoms with Gasteiger partial charge in [0.1, 0.15) is 0 Å². The Bertz CT molecular complexity index is 462. The minimum absolute atomic E-state index is 0.0899. The lowest BCUT2D eigenvalue weighted by Crippen LogP contribution is -2.35. The predicted octanol–water partition coefficient (Wildman–Crippen LogP) is 1.81. The molecule has 1 saturated heterocycles. The molecule has 1 amide bonds. The summed E-state index contributed by atoms with van der Waals surface area (Å²) in [5.74, 6) is 0. The van der Waals surface area contributed by atoms with Crippen molar-refractivity contribution in [1.82, 2.24) is 5.32 Å². The van der Waals surface area contributed by atoms with E-state index in [4.69, 9.17) is 10.5 Å². The van der Waals surface area contributed by atoms with E-state index in [9.17, 15) is 18.0 Å². The number of carbonyl (C=O) groups excluding carboxylic acids is 1. The molecular weight excluding hydrogens is 249 g/mol. The molecule has 2 unspecified atom stereocenters. The number of alkyl carbamates (subject to hydrolysis) is 1. The molecule has 0 bridgehead atoms. The first-order valence-electron chi connectivity index (χ1n) is 5.26. The number of halogens is 3. The second-order valence-electron chi connectivity index (χ2n) is 3.94. The first-order valence-corrected chi connectivity index (χ1v) is 5.26. The third-order valence-corrected chi connectivity index (χ3v) is 2.70. The lowest BCUT2D eigenvalue weighted by Gasteiger charge is -2.16. The molecule has 0 saturated carbocycles. The number of rotatable bonds is 2. The minimum Gasteiger partial charge on any atom is -0.439 e. The van der Waals surface area contributed by atoms with Gasteiger partial charge in [-0.25, -0.2) is 4.79 Å². The van der Waals surface area contributed by atoms with E-state index in [-0.39, 0.29) is 12.1 Å². The summed E-state index contributed by atoms with van der Waals surface area (Å²) in [5.41, 5.74) is 4.93. The van der Waals surface area contributed by atoms with Crippen LogP contribution in [0.5, 0.6) is 0 Å². The van der Waals surface area contributed by atoms with Gasteiger partial charge in [0.05, 0.1) is 11.6 Å². The monoisotopic (exact) mass is 260 g/mol. The van der Waals surface area contributed by atoms with E-state index in [1.54, 1.807) is 0 Å². The second-order valence-corrected chi connectivity index (χ2v) is 3.94. The van der Waals surface area contributed by atoms with E-state index in [2.05, 4.69) is 5.32 Å². The topological polar surface area (TPSA) is 64.3 Å². The van der Waals surface area contributed by atoms with Crippen LogP contribution in [-0.2, 0) is 10.9 Å². The van der Waals surface area contributed by atoms with Crippen molar-refractivity contribution in [2.75, 3.05) is 6.54 Å². The molecule has 1 aromatic rings. The Morgan fingerprint density at radius 1 is 1.39 bits per heavy atom. The van der Waals surface area contributed by atoms with E-state index in [0.717, 1.165) is 12.1 Å². The normalized spacial score (nSPS) is 23.7. The molecular formula is C11H11F3N2O2. The third-order valence-electron chi connectivity index (χ3n) is 2.70. The summed E-state index contributed by atoms with van der Waals surface area (Å²) in [7, 11) is 0. The van der Waals surface area contributed by atoms with Crippen LogP contribution >= 0.6 is 0 Å². The van der Waals surface area contributed by atoms with Crippen LogP contribution in [0.3, 0.4) is 0 Å². The van der Waals surface area contributed by atoms with Gasteiger partial charge < -0.3 is 15.8 Å². The zero-order chi connectivity index (χ0) is 13.3. The highest BCUT2D eigenvalue weighted by Crippen LogP contribution is 2.33. The third kappa shape index (κ3) is 2.40. The molecule has 3 N–H and O–H groups in total. The Labute approximate surface area is 101 Å². The van der Waals surface area contributed by atoms with Gasteiger partial charge >= 0.3 is 12.3 Å². The fraction of sp³-hybridized carbons (Fsp3) is 0.364. The fourth-order valence-electron chi connectivity index (χ4n) is 1.83. The molecule has 1 aliphatic rings. The SMILES string of the molecule is NCC1NC(=O)OC1c1cccc(C(F)(F)F)c1. The smallest absolute Gasteiger partial charge is 0.416 e. The van der Waals surface area contributed by atoms with Crippen molar-refractivity contribution >= 4 is 6.09 Å². The summed E-state index contributed by atoms with van der Waals surface area (Å²) in [6.45, 7) is 0.0899. The van der Waals surface area contributed by atoms with Crippen LogP contribution in [0, 0.1) is 0 Å². The first kappa shape index (κ1) is 12.7. The minimum atomic E-state index is -4.43. The lowest BCUT2D eigenvalue weighted by molar-refractivity contribution is -0.137. The number of nitrogens with two attached hydrogens (primary N) is 1. The van der Waals surface area contributed by atoms with E-state index >= 15 is 0 Å². The van der Waals surface area contributed by atoms with Gasteiger partial charge in [0.2, 0.25) is 0 Å². The lowest BCUT2D eigenvalue weighted by atomic mass is 10.0. The molecule has 2 rings (SSSR count). The van der Waals surface area contributed by atoms with Crippen molar-refractivity contribution in [3.05, 3.63) is 35.4 Å². The zero-order valence-corrected chi connectivity index (χ0v) is 9.20. The number of carbonyl (C=O) groups is 1. The van der Waals surface area contributed by atoms with Crippen LogP contribution in [0.1, 0.15) is 17.2 Å². The number of hydrogen-bond acceptors (Lipinski definition) is 3. The number of amides is 1. The van der Waals surface area contributed by atoms with Gasteiger partial charge in [0, 0.05) is 6.54 Å². The molecule has 98 valence electrons. The van der Waals surface area contributed by atoms with Crippen molar-refractivity contribution in [2.45, 2.75) is 18.3 Å². The van der Waals surface area contributed by atoms with Crippen LogP contribution in [0.4, 0.5) is 18.0 Å². The van der Waals surface area contributed by atoms with Gasteiger partial charge in [-0.1, -0.05) is 12.1 Å². The molecule has 1 heterocycles. The molecule has 1 aliphatic heterocycles. The Kier molecular flexibility index (Phi) is 3.16. The zero-order valence-electron chi connectivity index (χ0n) is 9.20. The number of benzene rings is 1. The Morgan fingerprint density at radius 2 is 2.11 bits per heavy atom. The van der Waals surface area contributed by atoms with Crippen molar-refractivity contribution < 1.29 is 22.7 Å². The van der Waals surface area contributed by atoms with Gasteiger partial charge in [-0.15, -0.1) is 0 Å². The fourth-order valence-corrected chi connectivity index (χ4v) is 1.83. The summed E-state index contributed by atoms with van der Waals surface area (Å²) in [5, 5.41) is 2.44. The molecule has 0 aromatic heterocycles. The highest BCUT2D eigenvalue weighted by molar-refractivity contribution is 5.70. The maximum Gasteiger partial charge on any atom is 0.416 e.